The molecule has 5 aromatic carbocycles. The fraction of sp³-hybridized carbons (Fsp3) is 0.0909. The van der Waals surface area contributed by atoms with Gasteiger partial charge in [-0.1, -0.05) is 92.7 Å². The molecule has 0 saturated heterocycles. The minimum absolute atomic E-state index is 0.0566. The number of hydrogen-bond donors (Lipinski definition) is 0. The second-order valence-electron chi connectivity index (χ2n) is 10.3. The van der Waals surface area contributed by atoms with Crippen LogP contribution in [0.25, 0.3) is 60.6 Å². The van der Waals surface area contributed by atoms with Crippen molar-refractivity contribution in [2.24, 2.45) is 0 Å². The largest absolute Gasteiger partial charge is 0.278 e. The summed E-state index contributed by atoms with van der Waals surface area (Å²) in [7, 11) is 0. The Morgan fingerprint density at radius 1 is 0.639 bits per heavy atom. The summed E-state index contributed by atoms with van der Waals surface area (Å²) in [6, 6.07) is 34.8. The zero-order chi connectivity index (χ0) is 24.0. The van der Waals surface area contributed by atoms with Crippen molar-refractivity contribution >= 4 is 43.5 Å². The average molecular weight is 462 g/mol. The van der Waals surface area contributed by atoms with Crippen molar-refractivity contribution in [3.8, 4) is 17.1 Å². The number of hydrogen-bond acceptors (Lipinski definition) is 2. The number of nitrogens with zero attached hydrogens (tertiary/aromatic N) is 3. The molecule has 0 amide bonds. The highest BCUT2D eigenvalue weighted by molar-refractivity contribution is 6.22. The van der Waals surface area contributed by atoms with Crippen molar-refractivity contribution in [1.29, 1.82) is 0 Å². The lowest BCUT2D eigenvalue weighted by atomic mass is 9.80. The van der Waals surface area contributed by atoms with E-state index in [1.165, 1.54) is 43.8 Å². The van der Waals surface area contributed by atoms with E-state index < -0.39 is 0 Å². The van der Waals surface area contributed by atoms with Gasteiger partial charge in [0.25, 0.3) is 0 Å². The van der Waals surface area contributed by atoms with Crippen LogP contribution < -0.4 is 0 Å². The summed E-state index contributed by atoms with van der Waals surface area (Å²) >= 11 is 0. The van der Waals surface area contributed by atoms with E-state index in [0.717, 1.165) is 21.9 Å². The maximum Gasteiger partial charge on any atom is 0.235 e. The molecule has 0 unspecified atom stereocenters. The van der Waals surface area contributed by atoms with Crippen LogP contribution in [0.1, 0.15) is 25.0 Å². The van der Waals surface area contributed by atoms with E-state index in [1.54, 1.807) is 0 Å². The lowest BCUT2D eigenvalue weighted by Crippen LogP contribution is -2.15. The molecule has 0 saturated carbocycles. The average Bonchev–Trinajstić information content (AvgIpc) is 3.38. The Bertz CT molecular complexity index is 2030. The molecule has 1 aliphatic carbocycles. The van der Waals surface area contributed by atoms with Crippen LogP contribution in [0.3, 0.4) is 0 Å². The van der Waals surface area contributed by atoms with Gasteiger partial charge >= 0.3 is 0 Å². The van der Waals surface area contributed by atoms with Crippen LogP contribution >= 0.6 is 0 Å². The van der Waals surface area contributed by atoms with E-state index in [-0.39, 0.29) is 5.41 Å². The van der Waals surface area contributed by atoms with Crippen LogP contribution in [-0.2, 0) is 5.41 Å². The topological polar surface area (TPSA) is 30.7 Å². The van der Waals surface area contributed by atoms with Gasteiger partial charge in [-0.15, -0.1) is 0 Å². The summed E-state index contributed by atoms with van der Waals surface area (Å²) in [5, 5.41) is 6.13. The van der Waals surface area contributed by atoms with Crippen molar-refractivity contribution in [2.45, 2.75) is 19.3 Å². The van der Waals surface area contributed by atoms with E-state index in [1.807, 2.05) is 24.4 Å². The number of rotatable bonds is 1. The standard InChI is InChI=1S/C33H23N3/c1-33(2)26-12-6-4-10-21(26)23-16-15-22-24(31(23)33)17-18-29-30(22)25-11-5-8-14-28(25)36(29)32-34-19-20-9-3-7-13-27(20)35-32/h3-19H,1-2H3. The van der Waals surface area contributed by atoms with E-state index in [2.05, 4.69) is 97.3 Å². The van der Waals surface area contributed by atoms with Crippen molar-refractivity contribution in [1.82, 2.24) is 14.5 Å². The van der Waals surface area contributed by atoms with E-state index in [4.69, 9.17) is 9.97 Å². The van der Waals surface area contributed by atoms with Crippen LogP contribution in [0.15, 0.2) is 103 Å². The van der Waals surface area contributed by atoms with Crippen molar-refractivity contribution in [2.75, 3.05) is 0 Å². The first-order valence-electron chi connectivity index (χ1n) is 12.4. The van der Waals surface area contributed by atoms with Gasteiger partial charge < -0.3 is 0 Å². The highest BCUT2D eigenvalue weighted by Crippen LogP contribution is 2.52. The van der Waals surface area contributed by atoms with Crippen molar-refractivity contribution < 1.29 is 0 Å². The van der Waals surface area contributed by atoms with Gasteiger partial charge in [-0.3, -0.25) is 4.57 Å². The zero-order valence-corrected chi connectivity index (χ0v) is 20.2. The third-order valence-corrected chi connectivity index (χ3v) is 8.03. The predicted molar refractivity (Wildman–Crippen MR) is 149 cm³/mol. The van der Waals surface area contributed by atoms with Crippen LogP contribution in [0, 0.1) is 0 Å². The molecule has 0 spiro atoms. The quantitative estimate of drug-likeness (QED) is 0.247. The first kappa shape index (κ1) is 19.8. The van der Waals surface area contributed by atoms with Crippen LogP contribution in [0.5, 0.6) is 0 Å². The highest BCUT2D eigenvalue weighted by atomic mass is 15.2. The van der Waals surface area contributed by atoms with Gasteiger partial charge in [0.2, 0.25) is 5.95 Å². The molecule has 7 aromatic rings. The summed E-state index contributed by atoms with van der Waals surface area (Å²) in [5.41, 5.74) is 8.67. The monoisotopic (exact) mass is 461 g/mol. The third-order valence-electron chi connectivity index (χ3n) is 8.03. The van der Waals surface area contributed by atoms with Crippen LogP contribution in [0.4, 0.5) is 0 Å². The molecule has 36 heavy (non-hydrogen) atoms. The molecule has 3 heteroatoms. The van der Waals surface area contributed by atoms with Crippen LogP contribution in [0.2, 0.25) is 0 Å². The fourth-order valence-corrected chi connectivity index (χ4v) is 6.45. The summed E-state index contributed by atoms with van der Waals surface area (Å²) < 4.78 is 2.21. The maximum atomic E-state index is 4.96. The first-order chi connectivity index (χ1) is 17.6. The molecule has 8 rings (SSSR count). The molecular weight excluding hydrogens is 438 g/mol. The molecule has 0 radical (unpaired) electrons. The summed E-state index contributed by atoms with van der Waals surface area (Å²) in [4.78, 5) is 9.75. The minimum atomic E-state index is -0.0566. The second-order valence-corrected chi connectivity index (χ2v) is 10.3. The van der Waals surface area contributed by atoms with Gasteiger partial charge in [0.05, 0.1) is 16.6 Å². The lowest BCUT2D eigenvalue weighted by molar-refractivity contribution is 0.666. The molecule has 0 bridgehead atoms. The van der Waals surface area contributed by atoms with Gasteiger partial charge in [-0.2, -0.15) is 0 Å². The first-order valence-corrected chi connectivity index (χ1v) is 12.4. The van der Waals surface area contributed by atoms with Crippen molar-refractivity contribution in [3.05, 3.63) is 114 Å². The van der Waals surface area contributed by atoms with Gasteiger partial charge in [0.15, 0.2) is 0 Å². The third kappa shape index (κ3) is 2.42. The highest BCUT2D eigenvalue weighted by Gasteiger charge is 2.36. The normalized spacial score (nSPS) is 14.1. The van der Waals surface area contributed by atoms with Crippen molar-refractivity contribution in [3.63, 3.8) is 0 Å². The van der Waals surface area contributed by atoms with E-state index in [0.29, 0.717) is 5.95 Å². The second kappa shape index (κ2) is 6.79. The molecule has 0 N–H and O–H groups in total. The Balaban J connectivity index is 1.50. The van der Waals surface area contributed by atoms with Gasteiger partial charge in [0.1, 0.15) is 0 Å². The van der Waals surface area contributed by atoms with Gasteiger partial charge in [-0.05, 0) is 51.2 Å². The Kier molecular flexibility index (Phi) is 3.73. The molecule has 1 aliphatic rings. The molecule has 3 nitrogen and oxygen atoms in total. The summed E-state index contributed by atoms with van der Waals surface area (Å²) in [5.74, 6) is 0.702. The minimum Gasteiger partial charge on any atom is -0.278 e. The smallest absolute Gasteiger partial charge is 0.235 e. The number of para-hydroxylation sites is 2. The fourth-order valence-electron chi connectivity index (χ4n) is 6.45. The van der Waals surface area contributed by atoms with E-state index in [9.17, 15) is 0 Å². The molecular formula is C33H23N3. The Morgan fingerprint density at radius 3 is 2.36 bits per heavy atom. The number of aromatic nitrogens is 3. The van der Waals surface area contributed by atoms with E-state index >= 15 is 0 Å². The SMILES string of the molecule is CC1(C)c2ccccc2-c2ccc3c(ccc4c3c3ccccc3n4-c3ncc4ccccc4n3)c21. The summed E-state index contributed by atoms with van der Waals surface area (Å²) in [6.07, 6.45) is 1.92. The molecule has 0 fully saturated rings. The Hall–Kier alpha value is -4.50. The summed E-state index contributed by atoms with van der Waals surface area (Å²) in [6.45, 7) is 4.71. The Morgan fingerprint density at radius 2 is 1.42 bits per heavy atom. The number of benzene rings is 5. The van der Waals surface area contributed by atoms with Crippen LogP contribution in [-0.4, -0.2) is 14.5 Å². The molecule has 2 heterocycles. The Labute approximate surface area is 208 Å². The predicted octanol–water partition coefficient (Wildman–Crippen LogP) is 8.19. The molecule has 2 aromatic heterocycles. The van der Waals surface area contributed by atoms with Gasteiger partial charge in [0, 0.05) is 27.8 Å². The molecule has 0 aliphatic heterocycles. The van der Waals surface area contributed by atoms with Gasteiger partial charge in [-0.25, -0.2) is 9.97 Å². The lowest BCUT2D eigenvalue weighted by Gasteiger charge is -2.23. The molecule has 170 valence electrons. The number of fused-ring (bicyclic) bond motifs is 10. The zero-order valence-electron chi connectivity index (χ0n) is 20.2. The molecule has 0 atom stereocenters. The maximum absolute atomic E-state index is 4.96.